The maximum atomic E-state index is 12.4. The number of hydrogen-bond acceptors (Lipinski definition) is 4. The molecule has 4 rings (SSSR count). The van der Waals surface area contributed by atoms with E-state index in [1.54, 1.807) is 17.1 Å². The van der Waals surface area contributed by atoms with E-state index in [2.05, 4.69) is 15.4 Å². The van der Waals surface area contributed by atoms with Crippen molar-refractivity contribution < 1.29 is 4.79 Å². The molecule has 1 amide bonds. The minimum Gasteiger partial charge on any atom is -0.350 e. The van der Waals surface area contributed by atoms with Crippen LogP contribution in [0.1, 0.15) is 36.2 Å². The fraction of sp³-hybridized carbons (Fsp3) is 0.400. The topological polar surface area (TPSA) is 86.7 Å². The Morgan fingerprint density at radius 2 is 1.93 bits per heavy atom. The smallest absolute Gasteiger partial charge is 0.346 e. The summed E-state index contributed by atoms with van der Waals surface area (Å²) in [5.74, 6) is 0.585. The van der Waals surface area contributed by atoms with Crippen molar-refractivity contribution in [2.75, 3.05) is 0 Å². The van der Waals surface area contributed by atoms with Gasteiger partial charge in [0.2, 0.25) is 5.91 Å². The minimum atomic E-state index is -0.210. The Labute approximate surface area is 162 Å². The van der Waals surface area contributed by atoms with Crippen molar-refractivity contribution in [3.63, 3.8) is 0 Å². The fourth-order valence-corrected chi connectivity index (χ4v) is 3.47. The zero-order valence-electron chi connectivity index (χ0n) is 15.8. The average molecular weight is 380 g/mol. The van der Waals surface area contributed by atoms with Crippen LogP contribution in [-0.2, 0) is 37.4 Å². The van der Waals surface area contributed by atoms with Gasteiger partial charge in [-0.25, -0.2) is 14.5 Å². The average Bonchev–Trinajstić information content (AvgIpc) is 3.23. The summed E-state index contributed by atoms with van der Waals surface area (Å²) in [6.45, 7) is 1.84. The molecule has 0 bridgehead atoms. The predicted molar refractivity (Wildman–Crippen MR) is 104 cm³/mol. The molecule has 1 aliphatic heterocycles. The van der Waals surface area contributed by atoms with Gasteiger partial charge < -0.3 is 9.88 Å². The standard InChI is InChI=1S/C20H24N6O2/c27-19(14-26-20(28)25-10-3-1-2-4-18(25)23-26)22-12-16-5-7-17(8-6-16)13-24-11-9-21-15-24/h5-9,11,15H,1-4,10,12-14H2,(H,22,27). The molecule has 0 atom stereocenters. The first-order valence-corrected chi connectivity index (χ1v) is 9.66. The molecule has 1 aliphatic rings. The van der Waals surface area contributed by atoms with Gasteiger partial charge in [-0.05, 0) is 24.0 Å². The highest BCUT2D eigenvalue weighted by Gasteiger charge is 2.17. The Morgan fingerprint density at radius 3 is 2.71 bits per heavy atom. The monoisotopic (exact) mass is 380 g/mol. The van der Waals surface area contributed by atoms with Crippen LogP contribution in [0.4, 0.5) is 0 Å². The Bertz CT molecular complexity index is 985. The van der Waals surface area contributed by atoms with Crippen LogP contribution in [0.15, 0.2) is 47.8 Å². The lowest BCUT2D eigenvalue weighted by Crippen LogP contribution is -2.33. The number of nitrogens with one attached hydrogen (secondary N) is 1. The van der Waals surface area contributed by atoms with Gasteiger partial charge in [-0.1, -0.05) is 30.7 Å². The largest absolute Gasteiger partial charge is 0.350 e. The summed E-state index contributed by atoms with van der Waals surface area (Å²) in [4.78, 5) is 28.7. The number of aryl methyl sites for hydroxylation is 1. The number of nitrogens with zero attached hydrogens (tertiary/aromatic N) is 5. The van der Waals surface area contributed by atoms with Gasteiger partial charge >= 0.3 is 5.69 Å². The Hall–Kier alpha value is -3.16. The molecule has 0 saturated heterocycles. The molecule has 8 heteroatoms. The number of hydrogen-bond donors (Lipinski definition) is 1. The second-order valence-electron chi connectivity index (χ2n) is 7.15. The van der Waals surface area contributed by atoms with Crippen LogP contribution in [0.2, 0.25) is 0 Å². The van der Waals surface area contributed by atoms with E-state index in [1.165, 1.54) is 10.2 Å². The maximum absolute atomic E-state index is 12.4. The first kappa shape index (κ1) is 18.2. The molecule has 3 heterocycles. The molecule has 0 spiro atoms. The van der Waals surface area contributed by atoms with Crippen LogP contribution in [0.25, 0.3) is 0 Å². The number of carbonyl (C=O) groups is 1. The van der Waals surface area contributed by atoms with E-state index in [0.717, 1.165) is 43.6 Å². The van der Waals surface area contributed by atoms with E-state index in [0.29, 0.717) is 13.1 Å². The van der Waals surface area contributed by atoms with Gasteiger partial charge in [-0.3, -0.25) is 9.36 Å². The number of rotatable bonds is 6. The lowest BCUT2D eigenvalue weighted by Gasteiger charge is -2.07. The van der Waals surface area contributed by atoms with Crippen LogP contribution in [-0.4, -0.2) is 29.8 Å². The first-order chi connectivity index (χ1) is 13.7. The molecule has 8 nitrogen and oxygen atoms in total. The summed E-state index contributed by atoms with van der Waals surface area (Å²) in [5, 5.41) is 7.22. The first-order valence-electron chi connectivity index (χ1n) is 9.66. The van der Waals surface area contributed by atoms with Gasteiger partial charge in [-0.15, -0.1) is 0 Å². The van der Waals surface area contributed by atoms with E-state index in [4.69, 9.17) is 0 Å². The lowest BCUT2D eigenvalue weighted by molar-refractivity contribution is -0.122. The minimum absolute atomic E-state index is 0.0441. The molecule has 146 valence electrons. The number of carbonyl (C=O) groups excluding carboxylic acids is 1. The van der Waals surface area contributed by atoms with E-state index in [9.17, 15) is 9.59 Å². The molecule has 1 N–H and O–H groups in total. The van der Waals surface area contributed by atoms with E-state index >= 15 is 0 Å². The molecule has 3 aromatic rings. The number of amides is 1. The molecular weight excluding hydrogens is 356 g/mol. The van der Waals surface area contributed by atoms with Crippen LogP contribution in [0.5, 0.6) is 0 Å². The molecular formula is C20H24N6O2. The highest BCUT2D eigenvalue weighted by molar-refractivity contribution is 5.75. The Balaban J connectivity index is 1.32. The third-order valence-corrected chi connectivity index (χ3v) is 5.01. The second kappa shape index (κ2) is 8.24. The van der Waals surface area contributed by atoms with Gasteiger partial charge in [0.25, 0.3) is 0 Å². The molecule has 2 aromatic heterocycles. The van der Waals surface area contributed by atoms with Crippen molar-refractivity contribution in [2.45, 2.75) is 51.9 Å². The van der Waals surface area contributed by atoms with Gasteiger partial charge in [0.1, 0.15) is 12.4 Å². The molecule has 0 unspecified atom stereocenters. The number of benzene rings is 1. The second-order valence-corrected chi connectivity index (χ2v) is 7.15. The van der Waals surface area contributed by atoms with E-state index in [1.807, 2.05) is 35.0 Å². The normalized spacial score (nSPS) is 13.7. The van der Waals surface area contributed by atoms with Crippen molar-refractivity contribution in [3.05, 3.63) is 70.4 Å². The number of fused-ring (bicyclic) bond motifs is 1. The van der Waals surface area contributed by atoms with Crippen LogP contribution >= 0.6 is 0 Å². The third kappa shape index (κ3) is 4.21. The third-order valence-electron chi connectivity index (χ3n) is 5.01. The summed E-state index contributed by atoms with van der Waals surface area (Å²) < 4.78 is 4.99. The van der Waals surface area contributed by atoms with Crippen molar-refractivity contribution in [2.24, 2.45) is 0 Å². The maximum Gasteiger partial charge on any atom is 0.346 e. The lowest BCUT2D eigenvalue weighted by atomic mass is 10.1. The zero-order chi connectivity index (χ0) is 19.3. The van der Waals surface area contributed by atoms with Gasteiger partial charge in [0, 0.05) is 38.4 Å². The quantitative estimate of drug-likeness (QED) is 0.699. The summed E-state index contributed by atoms with van der Waals surface area (Å²) in [5.41, 5.74) is 1.99. The van der Waals surface area contributed by atoms with Crippen LogP contribution < -0.4 is 11.0 Å². The van der Waals surface area contributed by atoms with Crippen molar-refractivity contribution in [1.29, 1.82) is 0 Å². The van der Waals surface area contributed by atoms with Gasteiger partial charge in [-0.2, -0.15) is 5.10 Å². The SMILES string of the molecule is O=C(Cn1nc2n(c1=O)CCCCC2)NCc1ccc(Cn2ccnc2)cc1. The highest BCUT2D eigenvalue weighted by atomic mass is 16.2. The van der Waals surface area contributed by atoms with E-state index < -0.39 is 0 Å². The summed E-state index contributed by atoms with van der Waals surface area (Å²) in [6.07, 6.45) is 9.41. The molecule has 28 heavy (non-hydrogen) atoms. The van der Waals surface area contributed by atoms with Crippen molar-refractivity contribution in [1.82, 2.24) is 29.2 Å². The molecule has 0 fully saturated rings. The van der Waals surface area contributed by atoms with Crippen molar-refractivity contribution >= 4 is 5.91 Å². The molecule has 0 aliphatic carbocycles. The number of imidazole rings is 1. The zero-order valence-corrected chi connectivity index (χ0v) is 15.8. The predicted octanol–water partition coefficient (Wildman–Crippen LogP) is 1.33. The number of aromatic nitrogens is 5. The molecule has 0 radical (unpaired) electrons. The Morgan fingerprint density at radius 1 is 1.11 bits per heavy atom. The fourth-order valence-electron chi connectivity index (χ4n) is 3.47. The summed E-state index contributed by atoms with van der Waals surface area (Å²) in [6, 6.07) is 8.08. The molecule has 1 aromatic carbocycles. The van der Waals surface area contributed by atoms with E-state index in [-0.39, 0.29) is 18.1 Å². The van der Waals surface area contributed by atoms with Gasteiger partial charge in [0.05, 0.1) is 6.33 Å². The van der Waals surface area contributed by atoms with Gasteiger partial charge in [0.15, 0.2) is 0 Å². The van der Waals surface area contributed by atoms with Crippen LogP contribution in [0, 0.1) is 0 Å². The van der Waals surface area contributed by atoms with Crippen LogP contribution in [0.3, 0.4) is 0 Å². The molecule has 0 saturated carbocycles. The summed E-state index contributed by atoms with van der Waals surface area (Å²) in [7, 11) is 0. The summed E-state index contributed by atoms with van der Waals surface area (Å²) >= 11 is 0. The Kier molecular flexibility index (Phi) is 5.36. The highest BCUT2D eigenvalue weighted by Crippen LogP contribution is 2.10. The van der Waals surface area contributed by atoms with Crippen molar-refractivity contribution in [3.8, 4) is 0 Å².